The van der Waals surface area contributed by atoms with Crippen LogP contribution in [0, 0.1) is 0 Å². The number of rotatable bonds is 1. The van der Waals surface area contributed by atoms with Gasteiger partial charge in [0.15, 0.2) is 5.76 Å². The molecule has 0 spiro atoms. The molecular weight excluding hydrogens is 224 g/mol. The summed E-state index contributed by atoms with van der Waals surface area (Å²) < 4.78 is 5.68. The van der Waals surface area contributed by atoms with E-state index in [9.17, 15) is 0 Å². The summed E-state index contributed by atoms with van der Waals surface area (Å²) in [6, 6.07) is 11.8. The van der Waals surface area contributed by atoms with Gasteiger partial charge in [0.2, 0.25) is 5.69 Å². The maximum atomic E-state index is 5.68. The van der Waals surface area contributed by atoms with Crippen LogP contribution in [0.15, 0.2) is 53.3 Å². The van der Waals surface area contributed by atoms with Crippen molar-refractivity contribution in [2.24, 2.45) is 0 Å². The molecule has 2 aromatic heterocycles. The molecule has 0 aliphatic heterocycles. The minimum Gasteiger partial charge on any atom is -1.00 e. The molecule has 4 heteroatoms. The Kier molecular flexibility index (Phi) is 2.88. The van der Waals surface area contributed by atoms with Gasteiger partial charge in [0, 0.05) is 11.5 Å². The third kappa shape index (κ3) is 1.77. The summed E-state index contributed by atoms with van der Waals surface area (Å²) in [4.78, 5) is 7.08. The van der Waals surface area contributed by atoms with Crippen molar-refractivity contribution in [1.82, 2.24) is 4.98 Å². The smallest absolute Gasteiger partial charge is 0.284 e. The van der Waals surface area contributed by atoms with Crippen LogP contribution in [0.5, 0.6) is 0 Å². The number of halogens is 1. The quantitative estimate of drug-likeness (QED) is 0.558. The van der Waals surface area contributed by atoms with Crippen molar-refractivity contribution in [3.8, 4) is 11.5 Å². The van der Waals surface area contributed by atoms with Crippen molar-refractivity contribution in [3.05, 3.63) is 48.9 Å². The Labute approximate surface area is 98.6 Å². The predicted octanol–water partition coefficient (Wildman–Crippen LogP) is -0.687. The summed E-state index contributed by atoms with van der Waals surface area (Å²) in [6.07, 6.45) is 3.47. The standard InChI is InChI=1S/C12H8N2O.ClH/c1-2-4-11-9(3-1)7-12(15-11)10-5-6-13-8-14-10;/h1-8H;1H. The first kappa shape index (κ1) is 10.6. The lowest BCUT2D eigenvalue weighted by Gasteiger charge is -1.85. The van der Waals surface area contributed by atoms with Gasteiger partial charge in [0.1, 0.15) is 5.58 Å². The molecule has 0 aliphatic rings. The van der Waals surface area contributed by atoms with Crippen LogP contribution in [-0.4, -0.2) is 4.98 Å². The van der Waals surface area contributed by atoms with E-state index in [0.717, 1.165) is 22.4 Å². The van der Waals surface area contributed by atoms with Crippen LogP contribution in [0.2, 0.25) is 0 Å². The number of nitrogens with one attached hydrogen (secondary N) is 1. The maximum absolute atomic E-state index is 5.68. The number of furan rings is 1. The van der Waals surface area contributed by atoms with E-state index in [1.165, 1.54) is 0 Å². The SMILES string of the molecule is [Cl-].c1ccc2oc(-c3cc[nH+]cn3)cc2c1. The van der Waals surface area contributed by atoms with Crippen molar-refractivity contribution < 1.29 is 21.8 Å². The van der Waals surface area contributed by atoms with Gasteiger partial charge < -0.3 is 16.8 Å². The fourth-order valence-corrected chi connectivity index (χ4v) is 1.57. The van der Waals surface area contributed by atoms with Crippen molar-refractivity contribution in [2.75, 3.05) is 0 Å². The molecule has 1 N–H and O–H groups in total. The van der Waals surface area contributed by atoms with E-state index in [4.69, 9.17) is 4.42 Å². The number of hydrogen-bond donors (Lipinski definition) is 0. The Balaban J connectivity index is 0.000000963. The highest BCUT2D eigenvalue weighted by Gasteiger charge is 2.09. The second-order valence-corrected chi connectivity index (χ2v) is 3.29. The summed E-state index contributed by atoms with van der Waals surface area (Å²) in [5.41, 5.74) is 1.73. The maximum Gasteiger partial charge on any atom is 0.284 e. The number of aromatic nitrogens is 2. The molecule has 1 aromatic carbocycles. The summed E-state index contributed by atoms with van der Waals surface area (Å²) >= 11 is 0. The van der Waals surface area contributed by atoms with Gasteiger partial charge >= 0.3 is 0 Å². The highest BCUT2D eigenvalue weighted by Crippen LogP contribution is 2.25. The molecule has 3 aromatic rings. The number of nitrogens with zero attached hydrogens (tertiary/aromatic N) is 1. The Morgan fingerprint density at radius 1 is 1.12 bits per heavy atom. The van der Waals surface area contributed by atoms with Crippen molar-refractivity contribution in [1.29, 1.82) is 0 Å². The van der Waals surface area contributed by atoms with Gasteiger partial charge in [-0.15, -0.1) is 0 Å². The van der Waals surface area contributed by atoms with Gasteiger partial charge in [-0.3, -0.25) is 4.98 Å². The van der Waals surface area contributed by atoms with E-state index in [2.05, 4.69) is 9.97 Å². The third-order valence-electron chi connectivity index (χ3n) is 2.29. The largest absolute Gasteiger partial charge is 1.00 e. The number of fused-ring (bicyclic) bond motifs is 1. The van der Waals surface area contributed by atoms with Crippen LogP contribution in [0.25, 0.3) is 22.4 Å². The number of H-pyrrole nitrogens is 1. The van der Waals surface area contributed by atoms with E-state index in [1.54, 1.807) is 6.33 Å². The Morgan fingerprint density at radius 3 is 2.75 bits per heavy atom. The second-order valence-electron chi connectivity index (χ2n) is 3.29. The first-order chi connectivity index (χ1) is 7.43. The molecule has 16 heavy (non-hydrogen) atoms. The number of aromatic amines is 1. The molecule has 0 saturated heterocycles. The van der Waals surface area contributed by atoms with Crippen LogP contribution in [0.4, 0.5) is 0 Å². The van der Waals surface area contributed by atoms with Gasteiger partial charge in [0.05, 0.1) is 6.20 Å². The molecule has 0 fully saturated rings. The molecule has 0 bridgehead atoms. The van der Waals surface area contributed by atoms with Crippen LogP contribution in [-0.2, 0) is 0 Å². The van der Waals surface area contributed by atoms with Gasteiger partial charge in [0.25, 0.3) is 6.33 Å². The topological polar surface area (TPSA) is 40.2 Å². The van der Waals surface area contributed by atoms with Crippen LogP contribution >= 0.6 is 0 Å². The summed E-state index contributed by atoms with van der Waals surface area (Å²) in [5, 5.41) is 1.10. The van der Waals surface area contributed by atoms with Crippen LogP contribution in [0.3, 0.4) is 0 Å². The van der Waals surface area contributed by atoms with E-state index < -0.39 is 0 Å². The molecule has 0 atom stereocenters. The highest BCUT2D eigenvalue weighted by molar-refractivity contribution is 5.81. The van der Waals surface area contributed by atoms with Crippen molar-refractivity contribution >= 4 is 11.0 Å². The van der Waals surface area contributed by atoms with Crippen molar-refractivity contribution in [2.45, 2.75) is 0 Å². The zero-order valence-electron chi connectivity index (χ0n) is 8.35. The third-order valence-corrected chi connectivity index (χ3v) is 2.29. The summed E-state index contributed by atoms with van der Waals surface area (Å²) in [5.74, 6) is 0.796. The Bertz CT molecular complexity index is 559. The minimum atomic E-state index is 0. The molecule has 3 nitrogen and oxygen atoms in total. The molecule has 0 saturated carbocycles. The molecule has 3 rings (SSSR count). The van der Waals surface area contributed by atoms with Crippen LogP contribution < -0.4 is 17.4 Å². The number of para-hydroxylation sites is 1. The first-order valence-corrected chi connectivity index (χ1v) is 4.74. The lowest BCUT2D eigenvalue weighted by atomic mass is 10.2. The van der Waals surface area contributed by atoms with E-state index in [1.807, 2.05) is 42.6 Å². The first-order valence-electron chi connectivity index (χ1n) is 4.74. The van der Waals surface area contributed by atoms with Crippen molar-refractivity contribution in [3.63, 3.8) is 0 Å². The van der Waals surface area contributed by atoms with Crippen LogP contribution in [0.1, 0.15) is 0 Å². The second kappa shape index (κ2) is 4.33. The van der Waals surface area contributed by atoms with E-state index >= 15 is 0 Å². The molecule has 80 valence electrons. The molecular formula is C12H9ClN2O. The normalized spacial score (nSPS) is 10.0. The zero-order valence-corrected chi connectivity index (χ0v) is 9.11. The average molecular weight is 233 g/mol. The molecule has 2 heterocycles. The number of hydrogen-bond acceptors (Lipinski definition) is 2. The Morgan fingerprint density at radius 2 is 2.00 bits per heavy atom. The fourth-order valence-electron chi connectivity index (χ4n) is 1.57. The lowest BCUT2D eigenvalue weighted by molar-refractivity contribution is -0.382. The zero-order chi connectivity index (χ0) is 10.1. The van der Waals surface area contributed by atoms with E-state index in [-0.39, 0.29) is 12.4 Å². The van der Waals surface area contributed by atoms with E-state index in [0.29, 0.717) is 0 Å². The lowest BCUT2D eigenvalue weighted by Crippen LogP contribution is -3.00. The Hall–Kier alpha value is -1.87. The van der Waals surface area contributed by atoms with Gasteiger partial charge in [-0.05, 0) is 17.1 Å². The fraction of sp³-hybridized carbons (Fsp3) is 0. The molecule has 0 unspecified atom stereocenters. The molecule has 0 aliphatic carbocycles. The molecule has 0 amide bonds. The van der Waals surface area contributed by atoms with Gasteiger partial charge in [-0.1, -0.05) is 18.2 Å². The number of benzene rings is 1. The van der Waals surface area contributed by atoms with Gasteiger partial charge in [-0.25, -0.2) is 0 Å². The predicted molar refractivity (Wildman–Crippen MR) is 56.0 cm³/mol. The minimum absolute atomic E-state index is 0. The van der Waals surface area contributed by atoms with Gasteiger partial charge in [-0.2, -0.15) is 0 Å². The summed E-state index contributed by atoms with van der Waals surface area (Å²) in [6.45, 7) is 0. The summed E-state index contributed by atoms with van der Waals surface area (Å²) in [7, 11) is 0. The molecule has 0 radical (unpaired) electrons. The average Bonchev–Trinajstić information content (AvgIpc) is 2.74. The highest BCUT2D eigenvalue weighted by atomic mass is 35.5. The monoisotopic (exact) mass is 232 g/mol.